The Hall–Kier alpha value is -1.07. The molecule has 1 heterocycles. The van der Waals surface area contributed by atoms with Crippen LogP contribution in [-0.4, -0.2) is 46.5 Å². The van der Waals surface area contributed by atoms with Crippen LogP contribution in [0.3, 0.4) is 0 Å². The van der Waals surface area contributed by atoms with E-state index in [9.17, 15) is 4.21 Å². The number of piperazine rings is 1. The Balaban J connectivity index is 1.24. The number of anilines is 1. The van der Waals surface area contributed by atoms with Crippen LogP contribution in [-0.2, 0) is 11.0 Å². The molecule has 0 spiro atoms. The van der Waals surface area contributed by atoms with Crippen LogP contribution >= 0.6 is 0 Å². The molecule has 0 N–H and O–H groups in total. The predicted molar refractivity (Wildman–Crippen MR) is 106 cm³/mol. The molecule has 0 radical (unpaired) electrons. The standard InChI is InChI=1S/C21H30N2O2S/c1-25-20-4-2-19(3-5-20)22-6-8-23(9-7-22)26(24)21-13-16-10-17(14-21)12-18(11-16)15-21/h2-5,16-18H,6-15H2,1H3/t16?,17?,18?,21?,26-/m1/s1. The molecule has 6 rings (SSSR count). The largest absolute Gasteiger partial charge is 0.497 e. The lowest BCUT2D eigenvalue weighted by Crippen LogP contribution is -2.58. The second kappa shape index (κ2) is 6.52. The van der Waals surface area contributed by atoms with E-state index in [0.717, 1.165) is 49.7 Å². The Labute approximate surface area is 159 Å². The topological polar surface area (TPSA) is 32.8 Å². The lowest BCUT2D eigenvalue weighted by molar-refractivity contribution is 0.0339. The first-order valence-electron chi connectivity index (χ1n) is 10.2. The lowest BCUT2D eigenvalue weighted by Gasteiger charge is -2.57. The normalized spacial score (nSPS) is 37.7. The van der Waals surface area contributed by atoms with Gasteiger partial charge in [0.1, 0.15) is 16.7 Å². The molecule has 4 saturated carbocycles. The zero-order valence-corrected chi connectivity index (χ0v) is 16.5. The second-order valence-electron chi connectivity index (χ2n) is 8.96. The number of rotatable bonds is 4. The van der Waals surface area contributed by atoms with Crippen LogP contribution in [0.1, 0.15) is 38.5 Å². The summed E-state index contributed by atoms with van der Waals surface area (Å²) in [6, 6.07) is 8.31. The van der Waals surface area contributed by atoms with E-state index in [1.807, 2.05) is 12.1 Å². The Bertz CT molecular complexity index is 646. The first-order valence-corrected chi connectivity index (χ1v) is 11.3. The van der Waals surface area contributed by atoms with Crippen molar-refractivity contribution >= 4 is 16.7 Å². The van der Waals surface area contributed by atoms with Gasteiger partial charge >= 0.3 is 0 Å². The maximum atomic E-state index is 13.6. The highest BCUT2D eigenvalue weighted by Crippen LogP contribution is 2.58. The first-order chi connectivity index (χ1) is 12.6. The van der Waals surface area contributed by atoms with E-state index in [4.69, 9.17) is 4.74 Å². The van der Waals surface area contributed by atoms with Gasteiger partial charge in [0.15, 0.2) is 0 Å². The summed E-state index contributed by atoms with van der Waals surface area (Å²) in [5.41, 5.74) is 1.24. The minimum absolute atomic E-state index is 0.122. The summed E-state index contributed by atoms with van der Waals surface area (Å²) in [7, 11) is 0.901. The number of methoxy groups -OCH3 is 1. The summed E-state index contributed by atoms with van der Waals surface area (Å²) < 4.78 is 21.3. The molecule has 1 aromatic rings. The molecular weight excluding hydrogens is 344 g/mol. The molecule has 5 aliphatic rings. The second-order valence-corrected chi connectivity index (χ2v) is 10.8. The van der Waals surface area contributed by atoms with Gasteiger partial charge in [-0.1, -0.05) is 0 Å². The van der Waals surface area contributed by atoms with Crippen molar-refractivity contribution in [3.63, 3.8) is 0 Å². The molecular formula is C21H30N2O2S. The van der Waals surface area contributed by atoms with Crippen LogP contribution in [0.2, 0.25) is 0 Å². The Kier molecular flexibility index (Phi) is 4.28. The fourth-order valence-corrected chi connectivity index (χ4v) is 8.60. The molecule has 1 saturated heterocycles. The molecule has 142 valence electrons. The van der Waals surface area contributed by atoms with Gasteiger partial charge in [-0.15, -0.1) is 0 Å². The van der Waals surface area contributed by atoms with E-state index < -0.39 is 11.0 Å². The van der Waals surface area contributed by atoms with E-state index >= 15 is 0 Å². The molecule has 26 heavy (non-hydrogen) atoms. The third kappa shape index (κ3) is 2.88. The van der Waals surface area contributed by atoms with Gasteiger partial charge in [0.2, 0.25) is 0 Å². The van der Waals surface area contributed by atoms with E-state index in [1.165, 1.54) is 44.2 Å². The van der Waals surface area contributed by atoms with Crippen LogP contribution < -0.4 is 9.64 Å². The SMILES string of the molecule is COc1ccc(N2CCN([S@](=O)C34CC5CC(CC(C5)C3)C4)CC2)cc1. The van der Waals surface area contributed by atoms with Crippen molar-refractivity contribution in [2.75, 3.05) is 38.2 Å². The maximum absolute atomic E-state index is 13.6. The van der Waals surface area contributed by atoms with Crippen LogP contribution in [0.4, 0.5) is 5.69 Å². The molecule has 4 nitrogen and oxygen atoms in total. The number of benzene rings is 1. The molecule has 0 unspecified atom stereocenters. The minimum Gasteiger partial charge on any atom is -0.497 e. The fourth-order valence-electron chi connectivity index (χ4n) is 6.42. The van der Waals surface area contributed by atoms with Crippen LogP contribution in [0.25, 0.3) is 0 Å². The van der Waals surface area contributed by atoms with E-state index in [-0.39, 0.29) is 4.75 Å². The average Bonchev–Trinajstić information content (AvgIpc) is 2.67. The third-order valence-corrected chi connectivity index (χ3v) is 9.34. The molecule has 1 aliphatic heterocycles. The Morgan fingerprint density at radius 1 is 0.923 bits per heavy atom. The average molecular weight is 375 g/mol. The van der Waals surface area contributed by atoms with E-state index in [2.05, 4.69) is 21.3 Å². The zero-order chi connectivity index (χ0) is 17.7. The number of nitrogens with zero attached hydrogens (tertiary/aromatic N) is 2. The molecule has 1 aromatic carbocycles. The van der Waals surface area contributed by atoms with Crippen molar-refractivity contribution in [2.24, 2.45) is 17.8 Å². The smallest absolute Gasteiger partial charge is 0.119 e. The third-order valence-electron chi connectivity index (χ3n) is 7.26. The van der Waals surface area contributed by atoms with Crippen molar-refractivity contribution in [3.05, 3.63) is 24.3 Å². The summed E-state index contributed by atoms with van der Waals surface area (Å²) in [5, 5.41) is 0. The zero-order valence-electron chi connectivity index (χ0n) is 15.7. The van der Waals surface area contributed by atoms with Gasteiger partial charge in [-0.3, -0.25) is 0 Å². The lowest BCUT2D eigenvalue weighted by atomic mass is 9.56. The van der Waals surface area contributed by atoms with Crippen LogP contribution in [0, 0.1) is 17.8 Å². The Morgan fingerprint density at radius 3 is 1.96 bits per heavy atom. The molecule has 4 bridgehead atoms. The van der Waals surface area contributed by atoms with Gasteiger partial charge in [-0.2, -0.15) is 0 Å². The van der Waals surface area contributed by atoms with Crippen molar-refractivity contribution in [2.45, 2.75) is 43.3 Å². The summed E-state index contributed by atoms with van der Waals surface area (Å²) in [6.45, 7) is 3.76. The number of hydrogen-bond acceptors (Lipinski definition) is 3. The van der Waals surface area contributed by atoms with E-state index in [1.54, 1.807) is 7.11 Å². The van der Waals surface area contributed by atoms with Crippen molar-refractivity contribution in [1.82, 2.24) is 4.31 Å². The van der Waals surface area contributed by atoms with Crippen molar-refractivity contribution in [3.8, 4) is 5.75 Å². The van der Waals surface area contributed by atoms with Gasteiger partial charge in [-0.25, -0.2) is 8.51 Å². The quantitative estimate of drug-likeness (QED) is 0.809. The highest BCUT2D eigenvalue weighted by atomic mass is 32.2. The summed E-state index contributed by atoms with van der Waals surface area (Å²) in [5.74, 6) is 3.50. The molecule has 1 atom stereocenters. The summed E-state index contributed by atoms with van der Waals surface area (Å²) in [6.07, 6.45) is 7.93. The summed E-state index contributed by atoms with van der Waals surface area (Å²) in [4.78, 5) is 2.41. The van der Waals surface area contributed by atoms with Gasteiger partial charge < -0.3 is 9.64 Å². The molecule has 5 heteroatoms. The van der Waals surface area contributed by atoms with Crippen molar-refractivity contribution < 1.29 is 8.95 Å². The minimum atomic E-state index is -0.801. The van der Waals surface area contributed by atoms with Gasteiger partial charge in [0, 0.05) is 31.9 Å². The first kappa shape index (κ1) is 17.1. The highest BCUT2D eigenvalue weighted by Gasteiger charge is 2.55. The van der Waals surface area contributed by atoms with Crippen LogP contribution in [0.15, 0.2) is 24.3 Å². The highest BCUT2D eigenvalue weighted by molar-refractivity contribution is 7.84. The van der Waals surface area contributed by atoms with E-state index in [0.29, 0.717) is 0 Å². The van der Waals surface area contributed by atoms with Gasteiger partial charge in [-0.05, 0) is 80.5 Å². The van der Waals surface area contributed by atoms with Gasteiger partial charge in [0.25, 0.3) is 0 Å². The molecule has 4 aliphatic carbocycles. The van der Waals surface area contributed by atoms with Crippen LogP contribution in [0.5, 0.6) is 5.75 Å². The summed E-state index contributed by atoms with van der Waals surface area (Å²) >= 11 is 0. The van der Waals surface area contributed by atoms with Crippen molar-refractivity contribution in [1.29, 1.82) is 0 Å². The fraction of sp³-hybridized carbons (Fsp3) is 0.714. The number of hydrogen-bond donors (Lipinski definition) is 0. The predicted octanol–water partition coefficient (Wildman–Crippen LogP) is 3.45. The number of ether oxygens (including phenoxy) is 1. The molecule has 5 fully saturated rings. The maximum Gasteiger partial charge on any atom is 0.119 e. The molecule has 0 amide bonds. The monoisotopic (exact) mass is 374 g/mol. The van der Waals surface area contributed by atoms with Gasteiger partial charge in [0.05, 0.1) is 11.9 Å². The molecule has 0 aromatic heterocycles. The Morgan fingerprint density at radius 2 is 1.46 bits per heavy atom.